The number of piperidine rings is 1. The molecule has 4 N–H and O–H groups in total. The lowest BCUT2D eigenvalue weighted by atomic mass is 9.42. The van der Waals surface area contributed by atoms with E-state index in [9.17, 15) is 25.2 Å². The summed E-state index contributed by atoms with van der Waals surface area (Å²) < 4.78 is 30.5. The van der Waals surface area contributed by atoms with Gasteiger partial charge in [0, 0.05) is 76.0 Å². The van der Waals surface area contributed by atoms with Gasteiger partial charge in [-0.1, -0.05) is 25.1 Å². The van der Waals surface area contributed by atoms with Crippen LogP contribution in [-0.2, 0) is 23.7 Å². The summed E-state index contributed by atoms with van der Waals surface area (Å²) in [5.74, 6) is -2.94. The van der Waals surface area contributed by atoms with Gasteiger partial charge < -0.3 is 44.1 Å². The number of benzene rings is 1. The quantitative estimate of drug-likeness (QED) is 0.300. The molecule has 0 amide bonds. The Kier molecular flexibility index (Phi) is 6.92. The van der Waals surface area contributed by atoms with Crippen molar-refractivity contribution in [3.05, 3.63) is 35.9 Å². The Bertz CT molecular complexity index is 1250. The van der Waals surface area contributed by atoms with Crippen LogP contribution in [0.5, 0.6) is 0 Å². The van der Waals surface area contributed by atoms with Gasteiger partial charge in [-0.05, 0) is 31.0 Å². The maximum Gasteiger partial charge on any atom is 0.338 e. The number of ether oxygens (including phenoxy) is 5. The van der Waals surface area contributed by atoms with E-state index in [0.29, 0.717) is 25.1 Å². The van der Waals surface area contributed by atoms with Gasteiger partial charge in [0.15, 0.2) is 0 Å². The first-order valence-electron chi connectivity index (χ1n) is 15.5. The van der Waals surface area contributed by atoms with E-state index < -0.39 is 82.4 Å². The molecular formula is C32H45NO10. The van der Waals surface area contributed by atoms with Crippen molar-refractivity contribution in [2.75, 3.05) is 48.1 Å². The lowest BCUT2D eigenvalue weighted by Crippen LogP contribution is -2.81. The van der Waals surface area contributed by atoms with Gasteiger partial charge in [0.1, 0.15) is 29.5 Å². The number of aliphatic hydroxyl groups excluding tert-OH is 2. The number of esters is 1. The molecule has 0 unspecified atom stereocenters. The van der Waals surface area contributed by atoms with Crippen molar-refractivity contribution in [1.82, 2.24) is 4.90 Å². The van der Waals surface area contributed by atoms with Crippen LogP contribution in [0.1, 0.15) is 30.1 Å². The Hall–Kier alpha value is -1.67. The molecule has 7 rings (SSSR count). The van der Waals surface area contributed by atoms with Gasteiger partial charge in [-0.3, -0.25) is 4.90 Å². The Labute approximate surface area is 252 Å². The Morgan fingerprint density at radius 3 is 2.33 bits per heavy atom. The third-order valence-electron chi connectivity index (χ3n) is 12.9. The highest BCUT2D eigenvalue weighted by molar-refractivity contribution is 5.89. The van der Waals surface area contributed by atoms with Gasteiger partial charge in [-0.15, -0.1) is 0 Å². The number of carbonyl (C=O) groups excluding carboxylic acids is 1. The van der Waals surface area contributed by atoms with E-state index in [-0.39, 0.29) is 25.0 Å². The first-order chi connectivity index (χ1) is 20.6. The molecule has 11 nitrogen and oxygen atoms in total. The molecule has 7 bridgehead atoms. The molecule has 6 aliphatic rings. The standard InChI is InChI=1S/C32H45NO10/c1-6-33-14-29(15-39-2)18(34)12-19(40-3)31-17-13-30(37)26(43-28(36)16-10-8-7-9-11-16)20(17)32(38,25(35)27(30)42-5)21(24(31)33)22(41-4)23(29)31/h7-11,17-27,34-35,37-38H,6,12-15H2,1-5H3/t17-,18-,19+,20-,21+,22+,23-,24+,25+,26+,27-,29-,30-,31+,32+/m1/s1. The molecule has 5 saturated carbocycles. The van der Waals surface area contributed by atoms with Crippen molar-refractivity contribution in [2.45, 2.75) is 73.6 Å². The summed E-state index contributed by atoms with van der Waals surface area (Å²) in [4.78, 5) is 15.8. The van der Waals surface area contributed by atoms with Gasteiger partial charge in [-0.25, -0.2) is 4.79 Å². The molecule has 0 radical (unpaired) electrons. The predicted molar refractivity (Wildman–Crippen MR) is 151 cm³/mol. The number of aliphatic hydroxyl groups is 4. The fourth-order valence-electron chi connectivity index (χ4n) is 11.9. The molecule has 1 spiro atoms. The Morgan fingerprint density at radius 2 is 1.72 bits per heavy atom. The van der Waals surface area contributed by atoms with Gasteiger partial charge >= 0.3 is 5.97 Å². The first-order valence-corrected chi connectivity index (χ1v) is 15.5. The third-order valence-corrected chi connectivity index (χ3v) is 12.9. The first kappa shape index (κ1) is 30.0. The van der Waals surface area contributed by atoms with E-state index in [1.165, 1.54) is 7.11 Å². The molecule has 15 atom stereocenters. The third kappa shape index (κ3) is 3.28. The topological polar surface area (TPSA) is 147 Å². The minimum atomic E-state index is -1.86. The van der Waals surface area contributed by atoms with Crippen LogP contribution in [0.4, 0.5) is 0 Å². The number of hydrogen-bond acceptors (Lipinski definition) is 11. The van der Waals surface area contributed by atoms with E-state index >= 15 is 0 Å². The zero-order valence-corrected chi connectivity index (χ0v) is 25.5. The SMILES string of the molecule is CCN1C[C@@]2(COC)[C@H](O)C[C@H](OC)[C@@]34[C@@H]5C[C@]6(O)[C@H](OC)[C@H](O)[C@](O)([C@H]5[C@@H]6OC(=O)c5ccccc5)[C@@H]([C@H](OC)[C@H]23)[C@H]14. The second kappa shape index (κ2) is 9.91. The number of likely N-dealkylation sites (tertiary alicyclic amines) is 1. The summed E-state index contributed by atoms with van der Waals surface area (Å²) in [6, 6.07) is 8.25. The van der Waals surface area contributed by atoms with E-state index in [0.717, 1.165) is 0 Å². The summed E-state index contributed by atoms with van der Waals surface area (Å²) in [5, 5.41) is 49.7. The summed E-state index contributed by atoms with van der Waals surface area (Å²) in [6.07, 6.45) is -5.27. The number of hydrogen-bond donors (Lipinski definition) is 4. The maximum absolute atomic E-state index is 13.6. The zero-order valence-electron chi connectivity index (χ0n) is 25.5. The number of carbonyl (C=O) groups is 1. The summed E-state index contributed by atoms with van der Waals surface area (Å²) in [5.41, 5.74) is -4.81. The van der Waals surface area contributed by atoms with E-state index in [4.69, 9.17) is 23.7 Å². The molecule has 1 aliphatic heterocycles. The lowest BCUT2D eigenvalue weighted by Gasteiger charge is -2.70. The lowest BCUT2D eigenvalue weighted by molar-refractivity contribution is -0.320. The monoisotopic (exact) mass is 603 g/mol. The second-order valence-corrected chi connectivity index (χ2v) is 13.9. The van der Waals surface area contributed by atoms with Crippen LogP contribution in [0, 0.1) is 34.5 Å². The van der Waals surface area contributed by atoms with Crippen LogP contribution in [0.15, 0.2) is 30.3 Å². The maximum atomic E-state index is 13.6. The number of rotatable bonds is 8. The van der Waals surface area contributed by atoms with Crippen LogP contribution >= 0.6 is 0 Å². The van der Waals surface area contributed by atoms with Crippen LogP contribution in [0.3, 0.4) is 0 Å². The highest BCUT2D eigenvalue weighted by Gasteiger charge is 2.91. The molecule has 6 fully saturated rings. The van der Waals surface area contributed by atoms with Crippen molar-refractivity contribution < 1.29 is 48.9 Å². The van der Waals surface area contributed by atoms with Crippen LogP contribution in [-0.4, -0.2) is 133 Å². The van der Waals surface area contributed by atoms with E-state index in [1.54, 1.807) is 51.7 Å². The van der Waals surface area contributed by atoms with Crippen molar-refractivity contribution in [3.8, 4) is 0 Å². The van der Waals surface area contributed by atoms with Gasteiger partial charge in [0.05, 0.1) is 30.5 Å². The van der Waals surface area contributed by atoms with Gasteiger partial charge in [0.25, 0.3) is 0 Å². The van der Waals surface area contributed by atoms with Crippen LogP contribution in [0.2, 0.25) is 0 Å². The average molecular weight is 604 g/mol. The number of methoxy groups -OCH3 is 4. The molecule has 238 valence electrons. The van der Waals surface area contributed by atoms with Gasteiger partial charge in [0.2, 0.25) is 0 Å². The van der Waals surface area contributed by atoms with Gasteiger partial charge in [-0.2, -0.15) is 0 Å². The van der Waals surface area contributed by atoms with Crippen LogP contribution in [0.25, 0.3) is 0 Å². The highest BCUT2D eigenvalue weighted by atomic mass is 16.6. The molecule has 1 aromatic rings. The molecule has 5 aliphatic carbocycles. The normalized spacial score (nSPS) is 52.7. The van der Waals surface area contributed by atoms with Crippen molar-refractivity contribution in [3.63, 3.8) is 0 Å². The molecule has 11 heteroatoms. The zero-order chi connectivity index (χ0) is 30.7. The highest BCUT2D eigenvalue weighted by Crippen LogP contribution is 2.80. The van der Waals surface area contributed by atoms with E-state index in [1.807, 2.05) is 0 Å². The molecule has 0 aromatic heterocycles. The average Bonchev–Trinajstić information content (AvgIpc) is 3.39. The molecular weight excluding hydrogens is 558 g/mol. The molecule has 1 heterocycles. The fraction of sp³-hybridized carbons (Fsp3) is 0.781. The fourth-order valence-corrected chi connectivity index (χ4v) is 11.9. The van der Waals surface area contributed by atoms with Crippen molar-refractivity contribution >= 4 is 5.97 Å². The predicted octanol–water partition coefficient (Wildman–Crippen LogP) is 0.0773. The number of nitrogens with zero attached hydrogens (tertiary/aromatic N) is 1. The van der Waals surface area contributed by atoms with Crippen molar-refractivity contribution in [1.29, 1.82) is 0 Å². The summed E-state index contributed by atoms with van der Waals surface area (Å²) in [6.45, 7) is 3.46. The van der Waals surface area contributed by atoms with Crippen molar-refractivity contribution in [2.24, 2.45) is 34.5 Å². The second-order valence-electron chi connectivity index (χ2n) is 13.9. The smallest absolute Gasteiger partial charge is 0.338 e. The summed E-state index contributed by atoms with van der Waals surface area (Å²) >= 11 is 0. The van der Waals surface area contributed by atoms with Crippen LogP contribution < -0.4 is 0 Å². The molecule has 1 aromatic carbocycles. The number of fused-ring (bicyclic) bond motifs is 2. The summed E-state index contributed by atoms with van der Waals surface area (Å²) in [7, 11) is 6.29. The van der Waals surface area contributed by atoms with E-state index in [2.05, 4.69) is 11.8 Å². The molecule has 1 saturated heterocycles. The minimum absolute atomic E-state index is 0.106. The largest absolute Gasteiger partial charge is 0.455 e. The molecule has 43 heavy (non-hydrogen) atoms. The minimum Gasteiger partial charge on any atom is -0.455 e. The Morgan fingerprint density at radius 1 is 1.00 bits per heavy atom. The Balaban J connectivity index is 1.48.